The number of carbonyl (C=O) groups is 1. The van der Waals surface area contributed by atoms with Crippen LogP contribution < -0.4 is 10.8 Å². The van der Waals surface area contributed by atoms with E-state index in [1.807, 2.05) is 18.2 Å². The minimum absolute atomic E-state index is 0. The number of hydrogen-bond donors (Lipinski definition) is 3. The smallest absolute Gasteiger partial charge is 0.267 e. The van der Waals surface area contributed by atoms with Gasteiger partial charge in [0.05, 0.1) is 5.02 Å². The van der Waals surface area contributed by atoms with Crippen molar-refractivity contribution >= 4 is 41.8 Å². The van der Waals surface area contributed by atoms with Gasteiger partial charge in [0.1, 0.15) is 5.82 Å². The molecule has 5 nitrogen and oxygen atoms in total. The predicted octanol–water partition coefficient (Wildman–Crippen LogP) is 3.64. The fourth-order valence-electron chi connectivity index (χ4n) is 2.46. The minimum atomic E-state index is -0.605. The van der Waals surface area contributed by atoms with E-state index in [2.05, 4.69) is 22.4 Å². The lowest BCUT2D eigenvalue weighted by Gasteiger charge is -2.08. The highest BCUT2D eigenvalue weighted by atomic mass is 35.5. The summed E-state index contributed by atoms with van der Waals surface area (Å²) >= 11 is 6.24. The lowest BCUT2D eigenvalue weighted by molar-refractivity contribution is -0.124. The summed E-state index contributed by atoms with van der Waals surface area (Å²) in [5.74, 6) is 0.521. The van der Waals surface area contributed by atoms with Crippen molar-refractivity contribution in [3.63, 3.8) is 0 Å². The first-order valence-corrected chi connectivity index (χ1v) is 7.64. The molecule has 1 aliphatic carbocycles. The Hall–Kier alpha value is -2.08. The molecule has 1 saturated carbocycles. The Morgan fingerprint density at radius 1 is 1.33 bits per heavy atom. The van der Waals surface area contributed by atoms with Crippen LogP contribution in [0.25, 0.3) is 6.08 Å². The molecular weight excluding hydrogens is 349 g/mol. The molecule has 1 amide bonds. The number of aromatic nitrogens is 1. The van der Waals surface area contributed by atoms with E-state index in [-0.39, 0.29) is 12.4 Å². The average molecular weight is 366 g/mol. The molecule has 2 atom stereocenters. The van der Waals surface area contributed by atoms with Crippen molar-refractivity contribution in [1.82, 2.24) is 10.5 Å². The molecule has 1 aliphatic rings. The number of carbonyl (C=O) groups excluding carboxylic acids is 1. The van der Waals surface area contributed by atoms with Crippen molar-refractivity contribution in [2.24, 2.45) is 0 Å². The molecular formula is C17H17Cl2N3O2. The highest BCUT2D eigenvalue weighted by Gasteiger charge is 2.38. The summed E-state index contributed by atoms with van der Waals surface area (Å²) in [5.41, 5.74) is 3.52. The molecule has 0 spiro atoms. The van der Waals surface area contributed by atoms with Crippen LogP contribution in [0.1, 0.15) is 23.5 Å². The summed E-state index contributed by atoms with van der Waals surface area (Å²) in [4.78, 5) is 15.2. The van der Waals surface area contributed by atoms with Gasteiger partial charge in [-0.1, -0.05) is 41.9 Å². The Morgan fingerprint density at radius 3 is 2.75 bits per heavy atom. The Balaban J connectivity index is 0.00000208. The SMILES string of the molecule is Cl.O=C(/C=C/c1cnc(N[C@H]2C[C@@H]2c2ccccc2)c(Cl)c1)NO. The monoisotopic (exact) mass is 365 g/mol. The van der Waals surface area contributed by atoms with Crippen LogP contribution in [0.3, 0.4) is 0 Å². The third kappa shape index (κ3) is 4.47. The van der Waals surface area contributed by atoms with Crippen LogP contribution in [0.5, 0.6) is 0 Å². The highest BCUT2D eigenvalue weighted by molar-refractivity contribution is 6.33. The van der Waals surface area contributed by atoms with E-state index in [0.29, 0.717) is 28.4 Å². The first-order chi connectivity index (χ1) is 11.2. The molecule has 0 bridgehead atoms. The normalized spacial score (nSPS) is 18.8. The number of rotatable bonds is 5. The Labute approximate surface area is 151 Å². The maximum absolute atomic E-state index is 10.9. The second-order valence-corrected chi connectivity index (χ2v) is 5.82. The van der Waals surface area contributed by atoms with E-state index >= 15 is 0 Å². The third-order valence-electron chi connectivity index (χ3n) is 3.74. The van der Waals surface area contributed by atoms with Gasteiger partial charge in [0.15, 0.2) is 0 Å². The van der Waals surface area contributed by atoms with Gasteiger partial charge in [0.25, 0.3) is 5.91 Å². The Bertz CT molecular complexity index is 738. The third-order valence-corrected chi connectivity index (χ3v) is 4.03. The van der Waals surface area contributed by atoms with Crippen LogP contribution in [-0.4, -0.2) is 22.1 Å². The van der Waals surface area contributed by atoms with Gasteiger partial charge in [-0.3, -0.25) is 10.0 Å². The Morgan fingerprint density at radius 2 is 2.08 bits per heavy atom. The van der Waals surface area contributed by atoms with E-state index in [0.717, 1.165) is 6.42 Å². The van der Waals surface area contributed by atoms with E-state index < -0.39 is 5.91 Å². The van der Waals surface area contributed by atoms with Crippen molar-refractivity contribution in [3.8, 4) is 0 Å². The van der Waals surface area contributed by atoms with Crippen molar-refractivity contribution in [2.45, 2.75) is 18.4 Å². The first-order valence-electron chi connectivity index (χ1n) is 7.26. The van der Waals surface area contributed by atoms with Crippen LogP contribution in [0.4, 0.5) is 5.82 Å². The molecule has 2 aromatic rings. The second kappa shape index (κ2) is 8.15. The fourth-order valence-corrected chi connectivity index (χ4v) is 2.69. The zero-order valence-corrected chi connectivity index (χ0v) is 14.2. The molecule has 1 aromatic heterocycles. The molecule has 0 unspecified atom stereocenters. The van der Waals surface area contributed by atoms with Crippen LogP contribution in [0, 0.1) is 0 Å². The molecule has 7 heteroatoms. The van der Waals surface area contributed by atoms with Gasteiger partial charge in [-0.05, 0) is 29.7 Å². The largest absolute Gasteiger partial charge is 0.365 e. The average Bonchev–Trinajstić information content (AvgIpc) is 3.35. The number of nitrogens with one attached hydrogen (secondary N) is 2. The van der Waals surface area contributed by atoms with Gasteiger partial charge in [-0.15, -0.1) is 12.4 Å². The zero-order chi connectivity index (χ0) is 16.2. The van der Waals surface area contributed by atoms with Crippen LogP contribution in [0.2, 0.25) is 5.02 Å². The number of halogens is 2. The molecule has 1 fully saturated rings. The molecule has 126 valence electrons. The first kappa shape index (κ1) is 18.3. The summed E-state index contributed by atoms with van der Waals surface area (Å²) < 4.78 is 0. The van der Waals surface area contributed by atoms with Gasteiger partial charge >= 0.3 is 0 Å². The topological polar surface area (TPSA) is 74.2 Å². The van der Waals surface area contributed by atoms with E-state index in [1.54, 1.807) is 12.3 Å². The molecule has 1 heterocycles. The summed E-state index contributed by atoms with van der Waals surface area (Å²) in [6, 6.07) is 12.4. The summed E-state index contributed by atoms with van der Waals surface area (Å²) in [7, 11) is 0. The number of benzene rings is 1. The standard InChI is InChI=1S/C17H16ClN3O2.ClH/c18-14-8-11(6-7-16(22)21-23)10-19-17(14)20-15-9-13(15)12-4-2-1-3-5-12;/h1-8,10,13,15,23H,9H2,(H,19,20)(H,21,22);1H/b7-6+;/t13-,15+;/m1./s1. The number of nitrogens with zero attached hydrogens (tertiary/aromatic N) is 1. The van der Waals surface area contributed by atoms with E-state index in [4.69, 9.17) is 16.8 Å². The van der Waals surface area contributed by atoms with E-state index in [1.165, 1.54) is 23.2 Å². The number of anilines is 1. The van der Waals surface area contributed by atoms with Crippen molar-refractivity contribution < 1.29 is 10.0 Å². The molecule has 1 aromatic carbocycles. The lowest BCUT2D eigenvalue weighted by Crippen LogP contribution is -2.14. The van der Waals surface area contributed by atoms with Crippen LogP contribution >= 0.6 is 24.0 Å². The lowest BCUT2D eigenvalue weighted by atomic mass is 10.1. The van der Waals surface area contributed by atoms with Gasteiger partial charge < -0.3 is 5.32 Å². The number of hydroxylamine groups is 1. The van der Waals surface area contributed by atoms with Gasteiger partial charge in [-0.25, -0.2) is 10.5 Å². The molecule has 24 heavy (non-hydrogen) atoms. The van der Waals surface area contributed by atoms with Crippen molar-refractivity contribution in [1.29, 1.82) is 0 Å². The highest BCUT2D eigenvalue weighted by Crippen LogP contribution is 2.43. The quantitative estimate of drug-likeness (QED) is 0.429. The predicted molar refractivity (Wildman–Crippen MR) is 96.7 cm³/mol. The number of hydrogen-bond acceptors (Lipinski definition) is 4. The van der Waals surface area contributed by atoms with Crippen LogP contribution in [-0.2, 0) is 4.79 Å². The maximum atomic E-state index is 10.9. The minimum Gasteiger partial charge on any atom is -0.365 e. The summed E-state index contributed by atoms with van der Waals surface area (Å²) in [6.07, 6.45) is 5.40. The molecule has 3 rings (SSSR count). The van der Waals surface area contributed by atoms with Gasteiger partial charge in [-0.2, -0.15) is 0 Å². The van der Waals surface area contributed by atoms with Gasteiger partial charge in [0, 0.05) is 24.2 Å². The number of amides is 1. The summed E-state index contributed by atoms with van der Waals surface area (Å²) in [5, 5.41) is 12.3. The van der Waals surface area contributed by atoms with Gasteiger partial charge in [0.2, 0.25) is 0 Å². The molecule has 0 saturated heterocycles. The number of pyridine rings is 1. The second-order valence-electron chi connectivity index (χ2n) is 5.41. The van der Waals surface area contributed by atoms with Crippen LogP contribution in [0.15, 0.2) is 48.7 Å². The fraction of sp³-hybridized carbons (Fsp3) is 0.176. The van der Waals surface area contributed by atoms with Crippen molar-refractivity contribution in [2.75, 3.05) is 5.32 Å². The van der Waals surface area contributed by atoms with E-state index in [9.17, 15) is 4.79 Å². The Kier molecular flexibility index (Phi) is 6.20. The zero-order valence-electron chi connectivity index (χ0n) is 12.6. The van der Waals surface area contributed by atoms with Crippen molar-refractivity contribution in [3.05, 3.63) is 64.8 Å². The molecule has 0 aliphatic heterocycles. The summed E-state index contributed by atoms with van der Waals surface area (Å²) in [6.45, 7) is 0. The molecule has 0 radical (unpaired) electrons. The molecule has 3 N–H and O–H groups in total. The maximum Gasteiger partial charge on any atom is 0.267 e.